The quantitative estimate of drug-likeness (QED) is 0.336. The Bertz CT molecular complexity index is 723. The zero-order valence-electron chi connectivity index (χ0n) is 13.3. The number of fused-ring (bicyclic) bond motifs is 1. The van der Waals surface area contributed by atoms with E-state index in [1.54, 1.807) is 20.8 Å². The molecule has 1 atom stereocenters. The van der Waals surface area contributed by atoms with E-state index in [2.05, 4.69) is 10.2 Å². The summed E-state index contributed by atoms with van der Waals surface area (Å²) in [5.74, 6) is -0.919. The molecule has 1 fully saturated rings. The van der Waals surface area contributed by atoms with Crippen molar-refractivity contribution < 1.29 is 23.5 Å². The van der Waals surface area contributed by atoms with E-state index < -0.39 is 28.6 Å². The average molecular weight is 369 g/mol. The maximum absolute atomic E-state index is 12.6. The van der Waals surface area contributed by atoms with Gasteiger partial charge in [-0.3, -0.25) is 14.5 Å². The van der Waals surface area contributed by atoms with Crippen LogP contribution < -0.4 is 0 Å². The van der Waals surface area contributed by atoms with Crippen LogP contribution in [0.2, 0.25) is 0 Å². The molecule has 128 valence electrons. The van der Waals surface area contributed by atoms with Gasteiger partial charge in [-0.15, -0.1) is 22.0 Å². The van der Waals surface area contributed by atoms with Crippen LogP contribution in [0.4, 0.5) is 0 Å². The number of β-lactam (4-membered cyclic amide) rings is 1. The van der Waals surface area contributed by atoms with E-state index in [1.807, 2.05) is 0 Å². The molecule has 1 aromatic heterocycles. The van der Waals surface area contributed by atoms with Crippen LogP contribution in [-0.4, -0.2) is 55.2 Å². The lowest BCUT2D eigenvalue weighted by atomic mass is 10.1. The Kier molecular flexibility index (Phi) is 4.43. The van der Waals surface area contributed by atoms with Crippen molar-refractivity contribution in [2.24, 2.45) is 0 Å². The second kappa shape index (κ2) is 6.25. The highest BCUT2D eigenvalue weighted by Crippen LogP contribution is 2.40. The molecule has 2 aliphatic rings. The largest absolute Gasteiger partial charge is 0.455 e. The van der Waals surface area contributed by atoms with Crippen molar-refractivity contribution in [3.05, 3.63) is 17.7 Å². The molecule has 8 nitrogen and oxygen atoms in total. The van der Waals surface area contributed by atoms with Crippen molar-refractivity contribution in [2.75, 3.05) is 11.5 Å². The lowest BCUT2D eigenvalue weighted by Crippen LogP contribution is -2.62. The highest BCUT2D eigenvalue weighted by molar-refractivity contribution is 8.01. The highest BCUT2D eigenvalue weighted by atomic mass is 32.2. The third-order valence-corrected chi connectivity index (χ3v) is 5.36. The molecule has 1 aromatic rings. The van der Waals surface area contributed by atoms with Crippen molar-refractivity contribution >= 4 is 41.2 Å². The predicted octanol–water partition coefficient (Wildman–Crippen LogP) is 1.24. The van der Waals surface area contributed by atoms with Crippen molar-refractivity contribution in [1.82, 2.24) is 15.1 Å². The van der Waals surface area contributed by atoms with E-state index in [4.69, 9.17) is 9.15 Å². The van der Waals surface area contributed by atoms with E-state index >= 15 is 0 Å². The van der Waals surface area contributed by atoms with Gasteiger partial charge in [0.1, 0.15) is 11.3 Å². The third kappa shape index (κ3) is 3.20. The summed E-state index contributed by atoms with van der Waals surface area (Å²) in [7, 11) is 0. The van der Waals surface area contributed by atoms with Gasteiger partial charge in [-0.25, -0.2) is 4.79 Å². The SMILES string of the molecule is CC(C)(C)OC(=O)C1=C(CSc2nnco2)CS[C@H]2C(=O)C(=O)N12. The van der Waals surface area contributed by atoms with Gasteiger partial charge in [0.2, 0.25) is 6.39 Å². The summed E-state index contributed by atoms with van der Waals surface area (Å²) < 4.78 is 10.5. The second-order valence-corrected chi connectivity index (χ2v) is 8.15. The lowest BCUT2D eigenvalue weighted by molar-refractivity contribution is -0.161. The number of Topliss-reactive ketones (excluding diaryl/α,β-unsaturated/α-hetero) is 1. The first kappa shape index (κ1) is 17.0. The summed E-state index contributed by atoms with van der Waals surface area (Å²) in [6.07, 6.45) is 1.22. The molecule has 3 heterocycles. The van der Waals surface area contributed by atoms with Crippen LogP contribution in [0.5, 0.6) is 0 Å². The molecule has 2 aliphatic heterocycles. The van der Waals surface area contributed by atoms with Gasteiger partial charge in [-0.05, 0) is 26.3 Å². The molecule has 0 aromatic carbocycles. The Balaban J connectivity index is 1.87. The molecule has 0 aliphatic carbocycles. The van der Waals surface area contributed by atoms with Gasteiger partial charge in [0.05, 0.1) is 0 Å². The summed E-state index contributed by atoms with van der Waals surface area (Å²) in [4.78, 5) is 37.4. The number of ether oxygens (including phenoxy) is 1. The van der Waals surface area contributed by atoms with Gasteiger partial charge in [0, 0.05) is 11.5 Å². The average Bonchev–Trinajstić information content (AvgIpc) is 3.02. The van der Waals surface area contributed by atoms with E-state index in [0.29, 0.717) is 22.3 Å². The molecule has 10 heteroatoms. The number of carbonyl (C=O) groups is 3. The standard InChI is InChI=1S/C14H15N3O5S2/c1-14(2,3)22-12(20)8-7(5-24-13-16-15-6-21-13)4-23-11-9(18)10(19)17(8)11/h6,11H,4-5H2,1-3H3/t11-/m0/s1. The molecule has 0 bridgehead atoms. The second-order valence-electron chi connectivity index (χ2n) is 6.15. The molecule has 3 rings (SSSR count). The number of carbonyl (C=O) groups excluding carboxylic acids is 3. The molecule has 0 N–H and O–H groups in total. The molecule has 0 unspecified atom stereocenters. The number of hydrogen-bond acceptors (Lipinski definition) is 9. The van der Waals surface area contributed by atoms with Gasteiger partial charge in [0.25, 0.3) is 16.9 Å². The normalized spacial score (nSPS) is 20.8. The number of amides is 1. The maximum atomic E-state index is 12.6. The molecule has 0 spiro atoms. The highest BCUT2D eigenvalue weighted by Gasteiger charge is 2.53. The van der Waals surface area contributed by atoms with Gasteiger partial charge in [0.15, 0.2) is 5.37 Å². The smallest absolute Gasteiger partial charge is 0.355 e. The Morgan fingerprint density at radius 2 is 2.25 bits per heavy atom. The van der Waals surface area contributed by atoms with Crippen LogP contribution in [0.15, 0.2) is 27.3 Å². The fourth-order valence-electron chi connectivity index (χ4n) is 2.22. The van der Waals surface area contributed by atoms with E-state index in [1.165, 1.54) is 34.8 Å². The van der Waals surface area contributed by atoms with E-state index in [0.717, 1.165) is 0 Å². The van der Waals surface area contributed by atoms with E-state index in [-0.39, 0.29) is 5.70 Å². The van der Waals surface area contributed by atoms with Crippen LogP contribution in [0, 0.1) is 0 Å². The van der Waals surface area contributed by atoms with Crippen LogP contribution in [0.25, 0.3) is 0 Å². The molecule has 0 saturated carbocycles. The van der Waals surface area contributed by atoms with Crippen molar-refractivity contribution in [1.29, 1.82) is 0 Å². The Morgan fingerprint density at radius 1 is 1.50 bits per heavy atom. The molecular weight excluding hydrogens is 354 g/mol. The first-order valence-electron chi connectivity index (χ1n) is 7.11. The minimum atomic E-state index is -0.702. The van der Waals surface area contributed by atoms with Gasteiger partial charge < -0.3 is 9.15 Å². The molecule has 0 radical (unpaired) electrons. The fourth-order valence-corrected chi connectivity index (χ4v) is 4.30. The van der Waals surface area contributed by atoms with Crippen LogP contribution in [0.1, 0.15) is 20.8 Å². The summed E-state index contributed by atoms with van der Waals surface area (Å²) >= 11 is 2.58. The number of ketones is 1. The number of esters is 1. The van der Waals surface area contributed by atoms with E-state index in [9.17, 15) is 14.4 Å². The Morgan fingerprint density at radius 3 is 2.88 bits per heavy atom. The van der Waals surface area contributed by atoms with Gasteiger partial charge in [-0.1, -0.05) is 11.8 Å². The number of nitrogens with zero attached hydrogens (tertiary/aromatic N) is 3. The predicted molar refractivity (Wildman–Crippen MR) is 86.0 cm³/mol. The van der Waals surface area contributed by atoms with Gasteiger partial charge in [-0.2, -0.15) is 0 Å². The Labute approximate surface area is 146 Å². The minimum absolute atomic E-state index is 0.158. The van der Waals surface area contributed by atoms with Crippen molar-refractivity contribution in [3.63, 3.8) is 0 Å². The summed E-state index contributed by atoms with van der Waals surface area (Å²) in [6.45, 7) is 5.24. The maximum Gasteiger partial charge on any atom is 0.355 e. The van der Waals surface area contributed by atoms with Crippen LogP contribution >= 0.6 is 23.5 Å². The lowest BCUT2D eigenvalue weighted by Gasteiger charge is -2.43. The summed E-state index contributed by atoms with van der Waals surface area (Å²) in [5, 5.41) is 7.10. The summed E-state index contributed by atoms with van der Waals surface area (Å²) in [6, 6.07) is 0. The molecule has 1 saturated heterocycles. The van der Waals surface area contributed by atoms with Crippen molar-refractivity contribution in [2.45, 2.75) is 37.0 Å². The summed E-state index contributed by atoms with van der Waals surface area (Å²) in [5.41, 5.74) is 0.159. The fraction of sp³-hybridized carbons (Fsp3) is 0.500. The third-order valence-electron chi connectivity index (χ3n) is 3.18. The zero-order valence-corrected chi connectivity index (χ0v) is 14.9. The first-order chi connectivity index (χ1) is 11.3. The molecular formula is C14H15N3O5S2. The Hall–Kier alpha value is -1.81. The topological polar surface area (TPSA) is 103 Å². The number of rotatable bonds is 4. The van der Waals surface area contributed by atoms with Crippen molar-refractivity contribution in [3.8, 4) is 0 Å². The number of hydrogen-bond donors (Lipinski definition) is 0. The zero-order chi connectivity index (χ0) is 17.5. The first-order valence-corrected chi connectivity index (χ1v) is 9.14. The molecule has 1 amide bonds. The monoisotopic (exact) mass is 369 g/mol. The van der Waals surface area contributed by atoms with Crippen LogP contribution in [-0.2, 0) is 19.1 Å². The number of aromatic nitrogens is 2. The number of thioether (sulfide) groups is 2. The van der Waals surface area contributed by atoms with Gasteiger partial charge >= 0.3 is 5.97 Å². The van der Waals surface area contributed by atoms with Crippen LogP contribution in [0.3, 0.4) is 0 Å². The molecule has 24 heavy (non-hydrogen) atoms. The minimum Gasteiger partial charge on any atom is -0.455 e.